The van der Waals surface area contributed by atoms with Crippen molar-refractivity contribution in [3.05, 3.63) is 54.1 Å². The number of anilines is 1. The molecule has 2 aromatic heterocycles. The standard InChI is InChI=1S/C17H19N5O/c1-21(2)15-5-4-8-18-14(15)10-19-17(23)12-6-7-16-13(9-12)20-11-22(16)3/h4-9,11H,10H2,1-3H3,(H,19,23). The van der Waals surface area contributed by atoms with E-state index in [1.807, 2.05) is 54.9 Å². The number of aromatic nitrogens is 3. The van der Waals surface area contributed by atoms with Crippen LogP contribution in [0.3, 0.4) is 0 Å². The summed E-state index contributed by atoms with van der Waals surface area (Å²) in [6.45, 7) is 0.382. The van der Waals surface area contributed by atoms with Crippen molar-refractivity contribution in [2.24, 2.45) is 7.05 Å². The van der Waals surface area contributed by atoms with Gasteiger partial charge in [-0.3, -0.25) is 9.78 Å². The van der Waals surface area contributed by atoms with Gasteiger partial charge in [-0.15, -0.1) is 0 Å². The molecule has 23 heavy (non-hydrogen) atoms. The Balaban J connectivity index is 1.76. The number of pyridine rings is 1. The van der Waals surface area contributed by atoms with Crippen LogP contribution in [-0.2, 0) is 13.6 Å². The summed E-state index contributed by atoms with van der Waals surface area (Å²) in [5.74, 6) is -0.132. The molecule has 0 radical (unpaired) electrons. The maximum Gasteiger partial charge on any atom is 0.251 e. The van der Waals surface area contributed by atoms with E-state index in [-0.39, 0.29) is 5.91 Å². The van der Waals surface area contributed by atoms with E-state index in [1.54, 1.807) is 18.6 Å². The minimum absolute atomic E-state index is 0.132. The van der Waals surface area contributed by atoms with Gasteiger partial charge in [0.25, 0.3) is 5.91 Å². The lowest BCUT2D eigenvalue weighted by atomic mass is 10.2. The fourth-order valence-electron chi connectivity index (χ4n) is 2.52. The SMILES string of the molecule is CN(C)c1cccnc1CNC(=O)c1ccc2c(c1)ncn2C. The molecule has 0 fully saturated rings. The van der Waals surface area contributed by atoms with Gasteiger partial charge >= 0.3 is 0 Å². The van der Waals surface area contributed by atoms with Gasteiger partial charge in [-0.1, -0.05) is 0 Å². The first-order chi connectivity index (χ1) is 11.1. The summed E-state index contributed by atoms with van der Waals surface area (Å²) < 4.78 is 1.92. The smallest absolute Gasteiger partial charge is 0.251 e. The average Bonchev–Trinajstić information content (AvgIpc) is 2.93. The van der Waals surface area contributed by atoms with E-state index in [0.29, 0.717) is 12.1 Å². The second-order valence-electron chi connectivity index (χ2n) is 5.61. The topological polar surface area (TPSA) is 63.1 Å². The third-order valence-corrected chi connectivity index (χ3v) is 3.75. The number of fused-ring (bicyclic) bond motifs is 1. The molecule has 0 saturated carbocycles. The van der Waals surface area contributed by atoms with Gasteiger partial charge in [0.15, 0.2) is 0 Å². The van der Waals surface area contributed by atoms with Crippen molar-refractivity contribution >= 4 is 22.6 Å². The Morgan fingerprint density at radius 3 is 2.87 bits per heavy atom. The van der Waals surface area contributed by atoms with Crippen molar-refractivity contribution in [2.75, 3.05) is 19.0 Å². The summed E-state index contributed by atoms with van der Waals surface area (Å²) in [6, 6.07) is 9.38. The fourth-order valence-corrected chi connectivity index (χ4v) is 2.52. The van der Waals surface area contributed by atoms with Gasteiger partial charge in [0.1, 0.15) is 0 Å². The molecular formula is C17H19N5O. The molecule has 2 heterocycles. The van der Waals surface area contributed by atoms with Crippen molar-refractivity contribution in [1.82, 2.24) is 19.9 Å². The van der Waals surface area contributed by atoms with Crippen molar-refractivity contribution in [3.63, 3.8) is 0 Å². The molecular weight excluding hydrogens is 290 g/mol. The molecule has 6 heteroatoms. The molecule has 1 N–H and O–H groups in total. The first kappa shape index (κ1) is 15.0. The highest BCUT2D eigenvalue weighted by molar-refractivity contribution is 5.97. The number of hydrogen-bond donors (Lipinski definition) is 1. The molecule has 3 aromatic rings. The predicted octanol–water partition coefficient (Wildman–Crippen LogP) is 1.96. The number of carbonyl (C=O) groups excluding carboxylic acids is 1. The van der Waals surface area contributed by atoms with Gasteiger partial charge < -0.3 is 14.8 Å². The highest BCUT2D eigenvalue weighted by Crippen LogP contribution is 2.16. The molecule has 0 aliphatic rings. The number of benzene rings is 1. The van der Waals surface area contributed by atoms with E-state index < -0.39 is 0 Å². The molecule has 1 amide bonds. The maximum absolute atomic E-state index is 12.4. The van der Waals surface area contributed by atoms with E-state index in [1.165, 1.54) is 0 Å². The molecule has 0 saturated heterocycles. The Bertz CT molecular complexity index is 853. The molecule has 0 aliphatic heterocycles. The summed E-state index contributed by atoms with van der Waals surface area (Å²) >= 11 is 0. The third-order valence-electron chi connectivity index (χ3n) is 3.75. The van der Waals surface area contributed by atoms with Gasteiger partial charge in [0.2, 0.25) is 0 Å². The highest BCUT2D eigenvalue weighted by atomic mass is 16.1. The van der Waals surface area contributed by atoms with Gasteiger partial charge in [-0.25, -0.2) is 4.98 Å². The normalized spacial score (nSPS) is 10.7. The molecule has 6 nitrogen and oxygen atoms in total. The lowest BCUT2D eigenvalue weighted by Crippen LogP contribution is -2.24. The van der Waals surface area contributed by atoms with Crippen LogP contribution in [0.5, 0.6) is 0 Å². The lowest BCUT2D eigenvalue weighted by Gasteiger charge is -2.16. The second kappa shape index (κ2) is 6.08. The zero-order valence-electron chi connectivity index (χ0n) is 13.4. The van der Waals surface area contributed by atoms with E-state index in [0.717, 1.165) is 22.4 Å². The summed E-state index contributed by atoms with van der Waals surface area (Å²) in [5, 5.41) is 2.92. The number of aryl methyl sites for hydroxylation is 1. The van der Waals surface area contributed by atoms with E-state index >= 15 is 0 Å². The van der Waals surface area contributed by atoms with Gasteiger partial charge in [-0.2, -0.15) is 0 Å². The summed E-state index contributed by atoms with van der Waals surface area (Å²) in [4.78, 5) is 23.0. The highest BCUT2D eigenvalue weighted by Gasteiger charge is 2.10. The molecule has 0 unspecified atom stereocenters. The largest absolute Gasteiger partial charge is 0.376 e. The van der Waals surface area contributed by atoms with Crippen LogP contribution in [0.15, 0.2) is 42.9 Å². The van der Waals surface area contributed by atoms with Crippen LogP contribution in [0.2, 0.25) is 0 Å². The van der Waals surface area contributed by atoms with Crippen molar-refractivity contribution in [3.8, 4) is 0 Å². The van der Waals surface area contributed by atoms with Crippen LogP contribution in [0.1, 0.15) is 16.1 Å². The third kappa shape index (κ3) is 3.01. The molecule has 0 bridgehead atoms. The van der Waals surface area contributed by atoms with Crippen LogP contribution in [0.4, 0.5) is 5.69 Å². The predicted molar refractivity (Wildman–Crippen MR) is 90.4 cm³/mol. The zero-order valence-corrected chi connectivity index (χ0v) is 13.4. The van der Waals surface area contributed by atoms with Crippen LogP contribution in [-0.4, -0.2) is 34.5 Å². The van der Waals surface area contributed by atoms with Crippen molar-refractivity contribution in [1.29, 1.82) is 0 Å². The summed E-state index contributed by atoms with van der Waals surface area (Å²) in [5.41, 5.74) is 4.24. The Kier molecular flexibility index (Phi) is 3.97. The summed E-state index contributed by atoms with van der Waals surface area (Å²) in [6.07, 6.45) is 3.47. The summed E-state index contributed by atoms with van der Waals surface area (Å²) in [7, 11) is 5.84. The second-order valence-corrected chi connectivity index (χ2v) is 5.61. The number of imidazole rings is 1. The Morgan fingerprint density at radius 2 is 2.09 bits per heavy atom. The lowest BCUT2D eigenvalue weighted by molar-refractivity contribution is 0.0950. The number of nitrogens with zero attached hydrogens (tertiary/aromatic N) is 4. The molecule has 0 aliphatic carbocycles. The van der Waals surface area contributed by atoms with Crippen molar-refractivity contribution < 1.29 is 4.79 Å². The first-order valence-electron chi connectivity index (χ1n) is 7.37. The maximum atomic E-state index is 12.4. The minimum atomic E-state index is -0.132. The molecule has 118 valence electrons. The Labute approximate surface area is 134 Å². The molecule has 0 atom stereocenters. The number of carbonyl (C=O) groups is 1. The Hall–Kier alpha value is -2.89. The number of amides is 1. The zero-order chi connectivity index (χ0) is 16.4. The Morgan fingerprint density at radius 1 is 1.26 bits per heavy atom. The van der Waals surface area contributed by atoms with E-state index in [4.69, 9.17) is 0 Å². The van der Waals surface area contributed by atoms with Crippen LogP contribution in [0.25, 0.3) is 11.0 Å². The van der Waals surface area contributed by atoms with Gasteiger partial charge in [0.05, 0.1) is 35.3 Å². The van der Waals surface area contributed by atoms with Crippen molar-refractivity contribution in [2.45, 2.75) is 6.54 Å². The number of hydrogen-bond acceptors (Lipinski definition) is 4. The number of rotatable bonds is 4. The molecule has 1 aromatic carbocycles. The number of nitrogens with one attached hydrogen (secondary N) is 1. The van der Waals surface area contributed by atoms with Crippen LogP contribution in [0, 0.1) is 0 Å². The molecule has 0 spiro atoms. The minimum Gasteiger partial charge on any atom is -0.376 e. The monoisotopic (exact) mass is 309 g/mol. The quantitative estimate of drug-likeness (QED) is 0.800. The van der Waals surface area contributed by atoms with Crippen LogP contribution < -0.4 is 10.2 Å². The van der Waals surface area contributed by atoms with Crippen LogP contribution >= 0.6 is 0 Å². The molecule has 3 rings (SSSR count). The van der Waals surface area contributed by atoms with E-state index in [9.17, 15) is 4.79 Å². The first-order valence-corrected chi connectivity index (χ1v) is 7.37. The van der Waals surface area contributed by atoms with E-state index in [2.05, 4.69) is 15.3 Å². The van der Waals surface area contributed by atoms with Gasteiger partial charge in [-0.05, 0) is 30.3 Å². The fraction of sp³-hybridized carbons (Fsp3) is 0.235. The average molecular weight is 309 g/mol. The van der Waals surface area contributed by atoms with Gasteiger partial charge in [0, 0.05) is 32.9 Å².